The molecule has 1 heterocycles. The van der Waals surface area contributed by atoms with Crippen molar-refractivity contribution in [3.05, 3.63) is 76.5 Å². The molecule has 9 heteroatoms. The molecule has 0 saturated carbocycles. The fourth-order valence-electron chi connectivity index (χ4n) is 2.88. The first-order valence-corrected chi connectivity index (χ1v) is 12.3. The first kappa shape index (κ1) is 23.5. The lowest BCUT2D eigenvalue weighted by molar-refractivity contribution is -0.119. The summed E-state index contributed by atoms with van der Waals surface area (Å²) in [5, 5.41) is 6.02. The number of sulfonamides is 1. The second kappa shape index (κ2) is 10.4. The van der Waals surface area contributed by atoms with Gasteiger partial charge in [-0.15, -0.1) is 11.3 Å². The van der Waals surface area contributed by atoms with Crippen molar-refractivity contribution in [2.75, 3.05) is 17.5 Å². The fourth-order valence-corrected chi connectivity index (χ4v) is 4.98. The van der Waals surface area contributed by atoms with E-state index in [4.69, 9.17) is 4.74 Å². The molecule has 2 aromatic carbocycles. The number of nitrogens with one attached hydrogen (secondary N) is 1. The van der Waals surface area contributed by atoms with E-state index in [1.165, 1.54) is 23.5 Å². The number of thiophene rings is 1. The van der Waals surface area contributed by atoms with Crippen molar-refractivity contribution in [1.82, 2.24) is 5.43 Å². The summed E-state index contributed by atoms with van der Waals surface area (Å²) in [5.74, 6) is 0.0282. The van der Waals surface area contributed by atoms with Gasteiger partial charge in [-0.1, -0.05) is 23.8 Å². The van der Waals surface area contributed by atoms with E-state index >= 15 is 0 Å². The van der Waals surface area contributed by atoms with Gasteiger partial charge in [0.2, 0.25) is 0 Å². The summed E-state index contributed by atoms with van der Waals surface area (Å²) in [6, 6.07) is 16.9. The summed E-state index contributed by atoms with van der Waals surface area (Å²) >= 11 is 1.50. The Bertz CT molecular complexity index is 1170. The molecule has 168 valence electrons. The van der Waals surface area contributed by atoms with Crippen LogP contribution in [-0.2, 0) is 14.8 Å². The first-order chi connectivity index (χ1) is 15.3. The van der Waals surface area contributed by atoms with E-state index in [2.05, 4.69) is 10.5 Å². The average molecular weight is 472 g/mol. The van der Waals surface area contributed by atoms with Crippen LogP contribution in [0.2, 0.25) is 0 Å². The Morgan fingerprint density at radius 2 is 1.78 bits per heavy atom. The molecular weight excluding hydrogens is 446 g/mol. The van der Waals surface area contributed by atoms with Gasteiger partial charge >= 0.3 is 0 Å². The molecular formula is C23H25N3O4S2. The lowest BCUT2D eigenvalue weighted by Crippen LogP contribution is -2.39. The highest BCUT2D eigenvalue weighted by Gasteiger charge is 2.27. The molecule has 1 N–H and O–H groups in total. The van der Waals surface area contributed by atoms with Crippen LogP contribution >= 0.6 is 11.3 Å². The van der Waals surface area contributed by atoms with Crippen LogP contribution in [0.4, 0.5) is 5.69 Å². The third-order valence-corrected chi connectivity index (χ3v) is 7.32. The maximum Gasteiger partial charge on any atom is 0.264 e. The van der Waals surface area contributed by atoms with Gasteiger partial charge in [-0.25, -0.2) is 13.8 Å². The van der Waals surface area contributed by atoms with Crippen LogP contribution in [-0.4, -0.2) is 33.2 Å². The van der Waals surface area contributed by atoms with Gasteiger partial charge in [0.1, 0.15) is 12.3 Å². The van der Waals surface area contributed by atoms with Crippen molar-refractivity contribution >= 4 is 38.7 Å². The van der Waals surface area contributed by atoms with Gasteiger partial charge in [0.15, 0.2) is 0 Å². The number of nitrogens with zero attached hydrogens (tertiary/aromatic N) is 2. The molecule has 1 aromatic heterocycles. The summed E-state index contributed by atoms with van der Waals surface area (Å²) in [6.07, 6.45) is 0. The second-order valence-electron chi connectivity index (χ2n) is 6.96. The minimum absolute atomic E-state index is 0.0626. The summed E-state index contributed by atoms with van der Waals surface area (Å²) in [6.45, 7) is 5.60. The zero-order valence-corrected chi connectivity index (χ0v) is 19.7. The van der Waals surface area contributed by atoms with E-state index in [0.717, 1.165) is 14.7 Å². The number of hydrogen-bond acceptors (Lipinski definition) is 6. The van der Waals surface area contributed by atoms with E-state index in [0.29, 0.717) is 23.8 Å². The van der Waals surface area contributed by atoms with Crippen molar-refractivity contribution in [1.29, 1.82) is 0 Å². The van der Waals surface area contributed by atoms with Gasteiger partial charge in [0.25, 0.3) is 15.9 Å². The van der Waals surface area contributed by atoms with E-state index in [1.54, 1.807) is 43.3 Å². The van der Waals surface area contributed by atoms with Gasteiger partial charge < -0.3 is 4.74 Å². The van der Waals surface area contributed by atoms with Crippen molar-refractivity contribution < 1.29 is 17.9 Å². The zero-order valence-electron chi connectivity index (χ0n) is 18.1. The summed E-state index contributed by atoms with van der Waals surface area (Å²) in [4.78, 5) is 13.6. The average Bonchev–Trinajstić information content (AvgIpc) is 3.32. The van der Waals surface area contributed by atoms with Crippen LogP contribution in [0.25, 0.3) is 0 Å². The molecule has 0 fully saturated rings. The summed E-state index contributed by atoms with van der Waals surface area (Å²) < 4.78 is 33.3. The Morgan fingerprint density at radius 1 is 1.09 bits per heavy atom. The van der Waals surface area contributed by atoms with Gasteiger partial charge in [0, 0.05) is 4.88 Å². The number of amides is 1. The van der Waals surface area contributed by atoms with Crippen LogP contribution in [0.15, 0.2) is 76.0 Å². The third-order valence-electron chi connectivity index (χ3n) is 4.56. The number of ether oxygens (including phenoxy) is 1. The van der Waals surface area contributed by atoms with Crippen molar-refractivity contribution in [3.8, 4) is 5.75 Å². The van der Waals surface area contributed by atoms with Gasteiger partial charge in [0.05, 0.1) is 22.9 Å². The Hall–Kier alpha value is -3.17. The van der Waals surface area contributed by atoms with Crippen molar-refractivity contribution in [3.63, 3.8) is 0 Å². The number of anilines is 1. The highest BCUT2D eigenvalue weighted by atomic mass is 32.2. The van der Waals surface area contributed by atoms with Crippen molar-refractivity contribution in [2.45, 2.75) is 25.7 Å². The predicted octanol–water partition coefficient (Wildman–Crippen LogP) is 4.19. The number of hydrazone groups is 1. The molecule has 1 amide bonds. The van der Waals surface area contributed by atoms with E-state index in [-0.39, 0.29) is 4.90 Å². The molecule has 0 aliphatic rings. The normalized spacial score (nSPS) is 11.8. The van der Waals surface area contributed by atoms with Crippen LogP contribution in [0.1, 0.15) is 24.3 Å². The fraction of sp³-hybridized carbons (Fsp3) is 0.217. The molecule has 3 rings (SSSR count). The topological polar surface area (TPSA) is 88.1 Å². The van der Waals surface area contributed by atoms with Gasteiger partial charge in [-0.3, -0.25) is 9.10 Å². The molecule has 0 saturated heterocycles. The second-order valence-corrected chi connectivity index (χ2v) is 9.77. The number of carbonyl (C=O) groups excluding carboxylic acids is 1. The van der Waals surface area contributed by atoms with Crippen LogP contribution in [0, 0.1) is 6.92 Å². The quantitative estimate of drug-likeness (QED) is 0.374. The Kier molecular flexibility index (Phi) is 7.66. The molecule has 0 bridgehead atoms. The standard InChI is InChI=1S/C23H25N3O4S2/c1-4-30-20-11-13-21(14-12-20)32(28,29)26(19-9-7-17(2)8-10-19)16-23(27)25-24-18(3)22-6-5-15-31-22/h5-15H,4,16H2,1-3H3,(H,25,27)/b24-18-. The Labute approximate surface area is 192 Å². The Morgan fingerprint density at radius 3 is 2.38 bits per heavy atom. The SMILES string of the molecule is CCOc1ccc(S(=O)(=O)N(CC(=O)N/N=C(/C)c2cccs2)c2ccc(C)cc2)cc1. The van der Waals surface area contributed by atoms with Crippen LogP contribution in [0.3, 0.4) is 0 Å². The molecule has 32 heavy (non-hydrogen) atoms. The first-order valence-electron chi connectivity index (χ1n) is 10.0. The lowest BCUT2D eigenvalue weighted by atomic mass is 10.2. The maximum absolute atomic E-state index is 13.4. The van der Waals surface area contributed by atoms with E-state index in [9.17, 15) is 13.2 Å². The monoisotopic (exact) mass is 471 g/mol. The highest BCUT2D eigenvalue weighted by molar-refractivity contribution is 7.92. The molecule has 3 aromatic rings. The number of hydrogen-bond donors (Lipinski definition) is 1. The molecule has 0 aliphatic heterocycles. The maximum atomic E-state index is 13.4. The molecule has 0 radical (unpaired) electrons. The molecule has 0 aliphatic carbocycles. The molecule has 0 unspecified atom stereocenters. The zero-order chi connectivity index (χ0) is 23.1. The number of rotatable bonds is 9. The number of carbonyl (C=O) groups is 1. The van der Waals surface area contributed by atoms with Gasteiger partial charge in [-0.2, -0.15) is 5.10 Å². The highest BCUT2D eigenvalue weighted by Crippen LogP contribution is 2.25. The molecule has 7 nitrogen and oxygen atoms in total. The lowest BCUT2D eigenvalue weighted by Gasteiger charge is -2.24. The van der Waals surface area contributed by atoms with Gasteiger partial charge in [-0.05, 0) is 68.6 Å². The Balaban J connectivity index is 1.87. The van der Waals surface area contributed by atoms with E-state index in [1.807, 2.05) is 31.4 Å². The molecule has 0 atom stereocenters. The van der Waals surface area contributed by atoms with Crippen molar-refractivity contribution in [2.24, 2.45) is 5.10 Å². The van der Waals surface area contributed by atoms with E-state index < -0.39 is 22.5 Å². The largest absolute Gasteiger partial charge is 0.494 e. The smallest absolute Gasteiger partial charge is 0.264 e. The van der Waals surface area contributed by atoms with Crippen LogP contribution < -0.4 is 14.5 Å². The summed E-state index contributed by atoms with van der Waals surface area (Å²) in [7, 11) is -4.00. The molecule has 0 spiro atoms. The van der Waals surface area contributed by atoms with Crippen LogP contribution in [0.5, 0.6) is 5.75 Å². The minimum Gasteiger partial charge on any atom is -0.494 e. The summed E-state index contributed by atoms with van der Waals surface area (Å²) in [5.41, 5.74) is 4.47. The third kappa shape index (κ3) is 5.74. The number of aryl methyl sites for hydroxylation is 1. The minimum atomic E-state index is -4.00. The predicted molar refractivity (Wildman–Crippen MR) is 128 cm³/mol. The number of benzene rings is 2.